The van der Waals surface area contributed by atoms with E-state index in [4.69, 9.17) is 0 Å². The van der Waals surface area contributed by atoms with E-state index in [0.717, 1.165) is 11.4 Å². The quantitative estimate of drug-likeness (QED) is 0.762. The molecule has 0 saturated heterocycles. The van der Waals surface area contributed by atoms with Gasteiger partial charge in [0.15, 0.2) is 0 Å². The molecule has 0 saturated carbocycles. The Kier molecular flexibility index (Phi) is 4.42. The molecule has 2 aliphatic heterocycles. The van der Waals surface area contributed by atoms with Crippen molar-refractivity contribution in [2.24, 2.45) is 10.2 Å². The van der Waals surface area contributed by atoms with Crippen LogP contribution in [0.25, 0.3) is 12.2 Å². The number of anilines is 2. The first kappa shape index (κ1) is 13.8. The van der Waals surface area contributed by atoms with E-state index < -0.39 is 0 Å². The fraction of sp³-hybridized carbons (Fsp3) is 0. The molecule has 108 valence electrons. The number of para-hydroxylation sites is 2. The van der Waals surface area contributed by atoms with Gasteiger partial charge in [0.25, 0.3) is 0 Å². The second-order valence-corrected chi connectivity index (χ2v) is 4.67. The summed E-state index contributed by atoms with van der Waals surface area (Å²) in [6.07, 6.45) is 11.4. The van der Waals surface area contributed by atoms with Gasteiger partial charge in [-0.3, -0.25) is 10.9 Å². The van der Waals surface area contributed by atoms with E-state index in [1.54, 1.807) is 12.4 Å². The van der Waals surface area contributed by atoms with Gasteiger partial charge >= 0.3 is 0 Å². The minimum Gasteiger partial charge on any atom is -0.278 e. The summed E-state index contributed by atoms with van der Waals surface area (Å²) in [6.45, 7) is 0. The highest BCUT2D eigenvalue weighted by Crippen LogP contribution is 2.18. The van der Waals surface area contributed by atoms with Gasteiger partial charge in [0, 0.05) is 12.4 Å². The maximum Gasteiger partial charge on any atom is 0.0634 e. The van der Waals surface area contributed by atoms with E-state index in [1.165, 1.54) is 11.1 Å². The minimum absolute atomic E-state index is 1.05. The Labute approximate surface area is 129 Å². The highest BCUT2D eigenvalue weighted by molar-refractivity contribution is 5.84. The Morgan fingerprint density at radius 1 is 0.591 bits per heavy atom. The third-order valence-electron chi connectivity index (χ3n) is 3.16. The van der Waals surface area contributed by atoms with Gasteiger partial charge in [-0.15, -0.1) is 0 Å². The monoisotopic (exact) mass is 288 g/mol. The molecule has 0 fully saturated rings. The van der Waals surface area contributed by atoms with Crippen molar-refractivity contribution in [2.45, 2.75) is 0 Å². The average Bonchev–Trinajstić information content (AvgIpc) is 2.95. The minimum atomic E-state index is 1.05. The van der Waals surface area contributed by atoms with Crippen LogP contribution in [0.1, 0.15) is 11.1 Å². The molecule has 0 bridgehead atoms. The van der Waals surface area contributed by atoms with E-state index in [0.29, 0.717) is 0 Å². The van der Waals surface area contributed by atoms with Gasteiger partial charge in [0.2, 0.25) is 0 Å². The molecule has 0 radical (unpaired) electrons. The van der Waals surface area contributed by atoms with Crippen LogP contribution in [0.5, 0.6) is 0 Å². The standard InChI is InChI=1S/2C9H8N2/c2*1-2-6-9-8(4-1)5-3-7-10-11-9/h2*1-7,11H. The summed E-state index contributed by atoms with van der Waals surface area (Å²) in [5.74, 6) is 0. The summed E-state index contributed by atoms with van der Waals surface area (Å²) in [5, 5.41) is 7.90. The van der Waals surface area contributed by atoms with Crippen LogP contribution in [0.3, 0.4) is 0 Å². The highest BCUT2D eigenvalue weighted by Gasteiger charge is 1.97. The fourth-order valence-electron chi connectivity index (χ4n) is 2.08. The number of hydrogen-bond acceptors (Lipinski definition) is 4. The number of hydrazone groups is 2. The van der Waals surface area contributed by atoms with Crippen LogP contribution in [0.4, 0.5) is 11.4 Å². The molecule has 0 spiro atoms. The Morgan fingerprint density at radius 2 is 1.05 bits per heavy atom. The Bertz CT molecular complexity index is 692. The summed E-state index contributed by atoms with van der Waals surface area (Å²) < 4.78 is 0. The first-order chi connectivity index (χ1) is 10.9. The van der Waals surface area contributed by atoms with Gasteiger partial charge < -0.3 is 0 Å². The van der Waals surface area contributed by atoms with Crippen LogP contribution in [-0.2, 0) is 0 Å². The van der Waals surface area contributed by atoms with Crippen molar-refractivity contribution >= 4 is 36.0 Å². The van der Waals surface area contributed by atoms with Gasteiger partial charge in [-0.1, -0.05) is 48.6 Å². The van der Waals surface area contributed by atoms with Gasteiger partial charge in [0.05, 0.1) is 11.4 Å². The fourth-order valence-corrected chi connectivity index (χ4v) is 2.08. The van der Waals surface area contributed by atoms with Crippen molar-refractivity contribution < 1.29 is 0 Å². The normalized spacial score (nSPS) is 13.5. The van der Waals surface area contributed by atoms with E-state index in [9.17, 15) is 0 Å². The summed E-state index contributed by atoms with van der Waals surface area (Å²) in [7, 11) is 0. The number of allylic oxidation sites excluding steroid dienone is 2. The molecule has 0 atom stereocenters. The van der Waals surface area contributed by atoms with Crippen LogP contribution in [0.15, 0.2) is 70.9 Å². The SMILES string of the molecule is C1=Cc2ccccc2NN=C1.C1=Cc2ccccc2NN=C1. The maximum atomic E-state index is 3.95. The first-order valence-corrected chi connectivity index (χ1v) is 7.03. The lowest BCUT2D eigenvalue weighted by Crippen LogP contribution is -1.87. The summed E-state index contributed by atoms with van der Waals surface area (Å²) >= 11 is 0. The van der Waals surface area contributed by atoms with Gasteiger partial charge in [-0.05, 0) is 35.4 Å². The number of nitrogens with one attached hydrogen (secondary N) is 2. The van der Waals surface area contributed by atoms with Gasteiger partial charge in [0.1, 0.15) is 0 Å². The van der Waals surface area contributed by atoms with E-state index in [2.05, 4.69) is 21.1 Å². The molecule has 0 aliphatic carbocycles. The molecule has 2 aromatic carbocycles. The van der Waals surface area contributed by atoms with Gasteiger partial charge in [-0.25, -0.2) is 0 Å². The predicted octanol–water partition coefficient (Wildman–Crippen LogP) is 4.22. The van der Waals surface area contributed by atoms with Crippen molar-refractivity contribution in [3.05, 3.63) is 71.8 Å². The Hall–Kier alpha value is -3.14. The van der Waals surface area contributed by atoms with Gasteiger partial charge in [-0.2, -0.15) is 10.2 Å². The smallest absolute Gasteiger partial charge is 0.0634 e. The largest absolute Gasteiger partial charge is 0.278 e. The molecule has 0 amide bonds. The number of fused-ring (bicyclic) bond motifs is 2. The number of benzene rings is 2. The molecule has 2 heterocycles. The van der Waals surface area contributed by atoms with Crippen molar-refractivity contribution in [3.8, 4) is 0 Å². The molecular formula is C18H16N4. The molecule has 4 rings (SSSR count). The lowest BCUT2D eigenvalue weighted by Gasteiger charge is -2.00. The van der Waals surface area contributed by atoms with Crippen LogP contribution in [0.2, 0.25) is 0 Å². The molecule has 22 heavy (non-hydrogen) atoms. The lowest BCUT2D eigenvalue weighted by molar-refractivity contribution is 1.36. The van der Waals surface area contributed by atoms with Crippen LogP contribution in [-0.4, -0.2) is 12.4 Å². The molecule has 4 heteroatoms. The number of rotatable bonds is 0. The zero-order valence-corrected chi connectivity index (χ0v) is 12.0. The number of nitrogens with zero attached hydrogens (tertiary/aromatic N) is 2. The van der Waals surface area contributed by atoms with Crippen molar-refractivity contribution in [2.75, 3.05) is 10.9 Å². The second-order valence-electron chi connectivity index (χ2n) is 4.67. The molecule has 2 N–H and O–H groups in total. The maximum absolute atomic E-state index is 3.95. The Balaban J connectivity index is 0.000000131. The first-order valence-electron chi connectivity index (χ1n) is 7.03. The predicted molar refractivity (Wildman–Crippen MR) is 95.2 cm³/mol. The molecule has 4 nitrogen and oxygen atoms in total. The van der Waals surface area contributed by atoms with E-state index in [-0.39, 0.29) is 0 Å². The third kappa shape index (κ3) is 3.49. The van der Waals surface area contributed by atoms with E-state index >= 15 is 0 Å². The second kappa shape index (κ2) is 7.04. The average molecular weight is 288 g/mol. The lowest BCUT2D eigenvalue weighted by atomic mass is 10.2. The topological polar surface area (TPSA) is 48.8 Å². The summed E-state index contributed by atoms with van der Waals surface area (Å²) in [4.78, 5) is 0. The molecular weight excluding hydrogens is 272 g/mol. The molecule has 2 aliphatic rings. The summed E-state index contributed by atoms with van der Waals surface area (Å²) in [5.41, 5.74) is 10.3. The van der Waals surface area contributed by atoms with Crippen molar-refractivity contribution in [1.82, 2.24) is 0 Å². The Morgan fingerprint density at radius 3 is 1.55 bits per heavy atom. The van der Waals surface area contributed by atoms with Crippen LogP contribution in [0, 0.1) is 0 Å². The van der Waals surface area contributed by atoms with Crippen molar-refractivity contribution in [3.63, 3.8) is 0 Å². The zero-order valence-electron chi connectivity index (χ0n) is 12.0. The highest BCUT2D eigenvalue weighted by atomic mass is 15.3. The number of hydrogen-bond donors (Lipinski definition) is 2. The molecule has 2 aromatic rings. The van der Waals surface area contributed by atoms with Crippen LogP contribution < -0.4 is 10.9 Å². The summed E-state index contributed by atoms with van der Waals surface area (Å²) in [6, 6.07) is 16.1. The van der Waals surface area contributed by atoms with Crippen LogP contribution >= 0.6 is 0 Å². The van der Waals surface area contributed by atoms with Crippen molar-refractivity contribution in [1.29, 1.82) is 0 Å². The van der Waals surface area contributed by atoms with E-state index in [1.807, 2.05) is 72.8 Å². The molecule has 0 unspecified atom stereocenters. The molecule has 0 aromatic heterocycles. The third-order valence-corrected chi connectivity index (χ3v) is 3.16. The zero-order chi connectivity index (χ0) is 15.0.